The van der Waals surface area contributed by atoms with Crippen LogP contribution in [0.4, 0.5) is 0 Å². The van der Waals surface area contributed by atoms with Crippen LogP contribution in [0, 0.1) is 0 Å². The van der Waals surface area contributed by atoms with Crippen molar-refractivity contribution in [2.75, 3.05) is 20.1 Å². The van der Waals surface area contributed by atoms with Gasteiger partial charge < -0.3 is 15.0 Å². The summed E-state index contributed by atoms with van der Waals surface area (Å²) in [6.07, 6.45) is 0.252. The molecule has 0 aromatic carbocycles. The minimum Gasteiger partial charge on any atom is -0.347 e. The van der Waals surface area contributed by atoms with Gasteiger partial charge in [0.1, 0.15) is 11.6 Å². The SMILES string of the molecule is CC(=O)CCC(=O)NCC(=O)N(C)CC(C)=O. The number of carbonyl (C=O) groups excluding carboxylic acids is 4. The molecule has 0 spiro atoms. The van der Waals surface area contributed by atoms with Crippen LogP contribution in [0.3, 0.4) is 0 Å². The Labute approximate surface area is 100 Å². The van der Waals surface area contributed by atoms with Crippen LogP contribution >= 0.6 is 0 Å². The van der Waals surface area contributed by atoms with Crippen molar-refractivity contribution in [3.8, 4) is 0 Å². The van der Waals surface area contributed by atoms with E-state index in [1.807, 2.05) is 0 Å². The van der Waals surface area contributed by atoms with Crippen molar-refractivity contribution < 1.29 is 19.2 Å². The van der Waals surface area contributed by atoms with Crippen molar-refractivity contribution in [1.29, 1.82) is 0 Å². The summed E-state index contributed by atoms with van der Waals surface area (Å²) in [6, 6.07) is 0. The second-order valence-corrected chi connectivity index (χ2v) is 3.93. The molecule has 0 saturated heterocycles. The number of nitrogens with zero attached hydrogens (tertiary/aromatic N) is 1. The molecule has 2 amide bonds. The Morgan fingerprint density at radius 3 is 2.06 bits per heavy atom. The third kappa shape index (κ3) is 8.12. The van der Waals surface area contributed by atoms with Gasteiger partial charge in [0.05, 0.1) is 13.1 Å². The van der Waals surface area contributed by atoms with E-state index < -0.39 is 0 Å². The lowest BCUT2D eigenvalue weighted by Crippen LogP contribution is -2.40. The maximum atomic E-state index is 11.4. The van der Waals surface area contributed by atoms with Crippen molar-refractivity contribution in [2.24, 2.45) is 0 Å². The molecule has 0 aromatic rings. The number of rotatable bonds is 7. The number of amides is 2. The monoisotopic (exact) mass is 242 g/mol. The van der Waals surface area contributed by atoms with Crippen molar-refractivity contribution in [3.05, 3.63) is 0 Å². The van der Waals surface area contributed by atoms with E-state index in [1.165, 1.54) is 25.8 Å². The van der Waals surface area contributed by atoms with Crippen LogP contribution in [-0.4, -0.2) is 48.4 Å². The Hall–Kier alpha value is -1.72. The van der Waals surface area contributed by atoms with Crippen LogP contribution < -0.4 is 5.32 Å². The molecule has 0 radical (unpaired) electrons. The predicted molar refractivity (Wildman–Crippen MR) is 61.2 cm³/mol. The summed E-state index contributed by atoms with van der Waals surface area (Å²) in [7, 11) is 1.49. The van der Waals surface area contributed by atoms with Gasteiger partial charge in [-0.05, 0) is 13.8 Å². The normalized spacial score (nSPS) is 9.59. The van der Waals surface area contributed by atoms with Crippen LogP contribution in [0.25, 0.3) is 0 Å². The molecule has 0 unspecified atom stereocenters. The highest BCUT2D eigenvalue weighted by Crippen LogP contribution is 1.90. The number of nitrogens with one attached hydrogen (secondary N) is 1. The molecule has 1 N–H and O–H groups in total. The Morgan fingerprint density at radius 2 is 1.59 bits per heavy atom. The van der Waals surface area contributed by atoms with Gasteiger partial charge in [-0.25, -0.2) is 0 Å². The minimum atomic E-state index is -0.343. The third-order valence-corrected chi connectivity index (χ3v) is 2.03. The smallest absolute Gasteiger partial charge is 0.242 e. The molecule has 6 heteroatoms. The third-order valence-electron chi connectivity index (χ3n) is 2.03. The number of hydrogen-bond acceptors (Lipinski definition) is 4. The fourth-order valence-corrected chi connectivity index (χ4v) is 1.11. The Balaban J connectivity index is 3.87. The number of likely N-dealkylation sites (N-methyl/N-ethyl adjacent to an activating group) is 1. The van der Waals surface area contributed by atoms with E-state index in [9.17, 15) is 19.2 Å². The highest BCUT2D eigenvalue weighted by molar-refractivity contribution is 5.89. The summed E-state index contributed by atoms with van der Waals surface area (Å²) in [5.41, 5.74) is 0. The molecule has 6 nitrogen and oxygen atoms in total. The molecule has 0 aliphatic rings. The topological polar surface area (TPSA) is 83.6 Å². The summed E-state index contributed by atoms with van der Waals surface area (Å²) in [5.74, 6) is -0.870. The van der Waals surface area contributed by atoms with Crippen LogP contribution in [0.2, 0.25) is 0 Å². The zero-order chi connectivity index (χ0) is 13.4. The number of hydrogen-bond donors (Lipinski definition) is 1. The second kappa shape index (κ2) is 7.54. The highest BCUT2D eigenvalue weighted by Gasteiger charge is 2.11. The van der Waals surface area contributed by atoms with E-state index in [0.717, 1.165) is 0 Å². The molecule has 17 heavy (non-hydrogen) atoms. The first-order valence-electron chi connectivity index (χ1n) is 5.32. The first-order chi connectivity index (χ1) is 7.82. The Kier molecular flexibility index (Phi) is 6.77. The zero-order valence-corrected chi connectivity index (χ0v) is 10.4. The molecule has 0 heterocycles. The highest BCUT2D eigenvalue weighted by atomic mass is 16.2. The molecular weight excluding hydrogens is 224 g/mol. The molecule has 0 atom stereocenters. The first-order valence-corrected chi connectivity index (χ1v) is 5.32. The molecule has 0 aliphatic carbocycles. The van der Waals surface area contributed by atoms with Gasteiger partial charge in [-0.1, -0.05) is 0 Å². The molecule has 0 aromatic heterocycles. The second-order valence-electron chi connectivity index (χ2n) is 3.93. The maximum absolute atomic E-state index is 11.4. The van der Waals surface area contributed by atoms with Crippen molar-refractivity contribution in [2.45, 2.75) is 26.7 Å². The van der Waals surface area contributed by atoms with Crippen LogP contribution in [0.1, 0.15) is 26.7 Å². The quantitative estimate of drug-likeness (QED) is 0.653. The summed E-state index contributed by atoms with van der Waals surface area (Å²) in [4.78, 5) is 45.2. The molecule has 0 aliphatic heterocycles. The van der Waals surface area contributed by atoms with E-state index in [1.54, 1.807) is 0 Å². The lowest BCUT2D eigenvalue weighted by molar-refractivity contribution is -0.134. The van der Waals surface area contributed by atoms with Crippen LogP contribution in [-0.2, 0) is 19.2 Å². The molecule has 0 rings (SSSR count). The fraction of sp³-hybridized carbons (Fsp3) is 0.636. The van der Waals surface area contributed by atoms with Gasteiger partial charge in [0, 0.05) is 19.9 Å². The van der Waals surface area contributed by atoms with Crippen molar-refractivity contribution in [3.63, 3.8) is 0 Å². The Bertz CT molecular complexity index is 325. The van der Waals surface area contributed by atoms with Gasteiger partial charge in [0.2, 0.25) is 11.8 Å². The average molecular weight is 242 g/mol. The number of ketones is 2. The van der Waals surface area contributed by atoms with E-state index in [0.29, 0.717) is 0 Å². The van der Waals surface area contributed by atoms with Crippen LogP contribution in [0.15, 0.2) is 0 Å². The van der Waals surface area contributed by atoms with Crippen LogP contribution in [0.5, 0.6) is 0 Å². The maximum Gasteiger partial charge on any atom is 0.242 e. The van der Waals surface area contributed by atoms with Gasteiger partial charge in [0.25, 0.3) is 0 Å². The summed E-state index contributed by atoms with van der Waals surface area (Å²) in [5, 5.41) is 2.40. The minimum absolute atomic E-state index is 0.0299. The number of carbonyl (C=O) groups is 4. The van der Waals surface area contributed by atoms with Gasteiger partial charge in [-0.2, -0.15) is 0 Å². The van der Waals surface area contributed by atoms with Gasteiger partial charge >= 0.3 is 0 Å². The van der Waals surface area contributed by atoms with E-state index in [2.05, 4.69) is 5.32 Å². The molecular formula is C11H18N2O4. The average Bonchev–Trinajstić information content (AvgIpc) is 2.21. The predicted octanol–water partition coefficient (Wildman–Crippen LogP) is -0.481. The van der Waals surface area contributed by atoms with Gasteiger partial charge in [0.15, 0.2) is 0 Å². The molecule has 0 fully saturated rings. The van der Waals surface area contributed by atoms with Gasteiger partial charge in [-0.15, -0.1) is 0 Å². The fourth-order valence-electron chi connectivity index (χ4n) is 1.11. The zero-order valence-electron chi connectivity index (χ0n) is 10.4. The summed E-state index contributed by atoms with van der Waals surface area (Å²) in [6.45, 7) is 2.66. The lowest BCUT2D eigenvalue weighted by atomic mass is 10.2. The Morgan fingerprint density at radius 1 is 1.00 bits per heavy atom. The molecule has 96 valence electrons. The summed E-state index contributed by atoms with van der Waals surface area (Å²) < 4.78 is 0. The summed E-state index contributed by atoms with van der Waals surface area (Å²) >= 11 is 0. The lowest BCUT2D eigenvalue weighted by Gasteiger charge is -2.15. The van der Waals surface area contributed by atoms with Gasteiger partial charge in [-0.3, -0.25) is 14.4 Å². The number of Topliss-reactive ketones (excluding diaryl/α,β-unsaturated/α-hetero) is 2. The van der Waals surface area contributed by atoms with Crippen molar-refractivity contribution >= 4 is 23.4 Å². The van der Waals surface area contributed by atoms with E-state index in [4.69, 9.17) is 0 Å². The molecule has 0 bridgehead atoms. The standard InChI is InChI=1S/C11H18N2O4/c1-8(14)4-5-10(16)12-6-11(17)13(3)7-9(2)15/h4-7H2,1-3H3,(H,12,16). The van der Waals surface area contributed by atoms with Crippen molar-refractivity contribution in [1.82, 2.24) is 10.2 Å². The molecule has 0 saturated carbocycles. The van der Waals surface area contributed by atoms with E-state index >= 15 is 0 Å². The largest absolute Gasteiger partial charge is 0.347 e. The van der Waals surface area contributed by atoms with E-state index in [-0.39, 0.29) is 49.3 Å². The first kappa shape index (κ1) is 15.3.